The Morgan fingerprint density at radius 1 is 1.07 bits per heavy atom. The predicted octanol–water partition coefficient (Wildman–Crippen LogP) is 4.23. The van der Waals surface area contributed by atoms with Gasteiger partial charge in [0.1, 0.15) is 5.82 Å². The van der Waals surface area contributed by atoms with Crippen molar-refractivity contribution in [3.63, 3.8) is 0 Å². The number of benzene rings is 2. The standard InChI is InChI=1S/C24H28FN3O2/c1-24(14-4-6-17-5-2-3-7-21(17)24)22(29)28-15-12-20(13-16-28)27-23(30)26-19-10-8-18(25)9-11-19/h2-3,5,7-11,20H,4,6,12-16H2,1H3,(H2,26,27,30)/t24-/m0/s1. The first-order valence-electron chi connectivity index (χ1n) is 10.7. The number of piperidine rings is 1. The zero-order valence-corrected chi connectivity index (χ0v) is 17.3. The van der Waals surface area contributed by atoms with Crippen molar-refractivity contribution in [2.45, 2.75) is 50.5 Å². The monoisotopic (exact) mass is 409 g/mol. The van der Waals surface area contributed by atoms with Gasteiger partial charge < -0.3 is 15.5 Å². The van der Waals surface area contributed by atoms with Crippen LogP contribution in [0.3, 0.4) is 0 Å². The van der Waals surface area contributed by atoms with Crippen molar-refractivity contribution in [1.82, 2.24) is 10.2 Å². The van der Waals surface area contributed by atoms with Crippen LogP contribution in [0.1, 0.15) is 43.7 Å². The summed E-state index contributed by atoms with van der Waals surface area (Å²) in [5, 5.41) is 5.69. The van der Waals surface area contributed by atoms with E-state index in [1.165, 1.54) is 35.4 Å². The number of carbonyl (C=O) groups excluding carboxylic acids is 2. The van der Waals surface area contributed by atoms with Gasteiger partial charge in [-0.25, -0.2) is 9.18 Å². The average Bonchev–Trinajstić information content (AvgIpc) is 2.76. The van der Waals surface area contributed by atoms with E-state index in [0.717, 1.165) is 32.1 Å². The smallest absolute Gasteiger partial charge is 0.319 e. The first kappa shape index (κ1) is 20.4. The van der Waals surface area contributed by atoms with Crippen LogP contribution in [0.2, 0.25) is 0 Å². The topological polar surface area (TPSA) is 61.4 Å². The largest absolute Gasteiger partial charge is 0.342 e. The van der Waals surface area contributed by atoms with E-state index in [0.29, 0.717) is 18.8 Å². The number of halogens is 1. The summed E-state index contributed by atoms with van der Waals surface area (Å²) in [4.78, 5) is 27.6. The summed E-state index contributed by atoms with van der Waals surface area (Å²) in [7, 11) is 0. The molecule has 0 unspecified atom stereocenters. The Morgan fingerprint density at radius 3 is 2.50 bits per heavy atom. The van der Waals surface area contributed by atoms with Crippen molar-refractivity contribution < 1.29 is 14.0 Å². The first-order valence-corrected chi connectivity index (χ1v) is 10.7. The minimum atomic E-state index is -0.463. The Balaban J connectivity index is 1.33. The highest BCUT2D eigenvalue weighted by Crippen LogP contribution is 2.39. The van der Waals surface area contributed by atoms with Crippen molar-refractivity contribution in [2.24, 2.45) is 0 Å². The van der Waals surface area contributed by atoms with E-state index in [1.807, 2.05) is 17.0 Å². The molecule has 1 aliphatic carbocycles. The number of aryl methyl sites for hydroxylation is 1. The number of urea groups is 1. The van der Waals surface area contributed by atoms with E-state index < -0.39 is 5.41 Å². The van der Waals surface area contributed by atoms with Crippen LogP contribution >= 0.6 is 0 Å². The van der Waals surface area contributed by atoms with Gasteiger partial charge >= 0.3 is 6.03 Å². The van der Waals surface area contributed by atoms with Gasteiger partial charge in [0.2, 0.25) is 5.91 Å². The van der Waals surface area contributed by atoms with Crippen LogP contribution in [-0.2, 0) is 16.6 Å². The normalized spacial score (nSPS) is 21.6. The molecule has 0 bridgehead atoms. The second-order valence-corrected chi connectivity index (χ2v) is 8.51. The Bertz CT molecular complexity index is 922. The fraction of sp³-hybridized carbons (Fsp3) is 0.417. The molecule has 4 rings (SSSR count). The summed E-state index contributed by atoms with van der Waals surface area (Å²) in [5.74, 6) is -0.142. The van der Waals surface area contributed by atoms with E-state index in [2.05, 4.69) is 29.7 Å². The maximum Gasteiger partial charge on any atom is 0.319 e. The molecule has 2 N–H and O–H groups in total. The van der Waals surface area contributed by atoms with Gasteiger partial charge in [-0.05, 0) is 74.4 Å². The summed E-state index contributed by atoms with van der Waals surface area (Å²) in [5.41, 5.74) is 2.54. The van der Waals surface area contributed by atoms with Gasteiger partial charge in [0.25, 0.3) is 0 Å². The molecule has 1 aliphatic heterocycles. The lowest BCUT2D eigenvalue weighted by Gasteiger charge is -2.41. The highest BCUT2D eigenvalue weighted by Gasteiger charge is 2.42. The highest BCUT2D eigenvalue weighted by atomic mass is 19.1. The number of hydrogen-bond acceptors (Lipinski definition) is 2. The molecule has 158 valence electrons. The molecule has 1 fully saturated rings. The van der Waals surface area contributed by atoms with Crippen molar-refractivity contribution in [1.29, 1.82) is 0 Å². The number of carbonyl (C=O) groups is 2. The summed E-state index contributed by atoms with van der Waals surface area (Å²) in [6.07, 6.45) is 4.39. The number of amides is 3. The lowest BCUT2D eigenvalue weighted by molar-refractivity contribution is -0.138. The zero-order chi connectivity index (χ0) is 21.1. The van der Waals surface area contributed by atoms with Crippen molar-refractivity contribution >= 4 is 17.6 Å². The maximum atomic E-state index is 13.4. The van der Waals surface area contributed by atoms with Crippen LogP contribution in [0.4, 0.5) is 14.9 Å². The molecule has 0 saturated carbocycles. The van der Waals surface area contributed by atoms with Gasteiger partial charge in [0, 0.05) is 24.8 Å². The Morgan fingerprint density at radius 2 is 1.77 bits per heavy atom. The van der Waals surface area contributed by atoms with Gasteiger partial charge in [0.05, 0.1) is 5.41 Å². The molecular weight excluding hydrogens is 381 g/mol. The molecule has 2 aliphatic rings. The van der Waals surface area contributed by atoms with Crippen LogP contribution in [0.15, 0.2) is 48.5 Å². The summed E-state index contributed by atoms with van der Waals surface area (Å²) in [6.45, 7) is 3.35. The molecular formula is C24H28FN3O2. The third-order valence-electron chi connectivity index (χ3n) is 6.43. The molecule has 2 aromatic carbocycles. The number of nitrogens with zero attached hydrogens (tertiary/aromatic N) is 1. The fourth-order valence-electron chi connectivity index (χ4n) is 4.73. The third kappa shape index (κ3) is 4.18. The Labute approximate surface area is 176 Å². The minimum Gasteiger partial charge on any atom is -0.342 e. The van der Waals surface area contributed by atoms with Crippen LogP contribution in [0.25, 0.3) is 0 Å². The van der Waals surface area contributed by atoms with Crippen LogP contribution in [0.5, 0.6) is 0 Å². The number of fused-ring (bicyclic) bond motifs is 1. The van der Waals surface area contributed by atoms with Crippen molar-refractivity contribution in [3.05, 3.63) is 65.5 Å². The summed E-state index contributed by atoms with van der Waals surface area (Å²) in [6, 6.07) is 13.7. The quantitative estimate of drug-likeness (QED) is 0.797. The number of anilines is 1. The molecule has 2 aromatic rings. The van der Waals surface area contributed by atoms with E-state index in [4.69, 9.17) is 0 Å². The lowest BCUT2D eigenvalue weighted by Crippen LogP contribution is -2.52. The third-order valence-corrected chi connectivity index (χ3v) is 6.43. The number of nitrogens with one attached hydrogen (secondary N) is 2. The Kier molecular flexibility index (Phi) is 5.75. The second kappa shape index (κ2) is 8.46. The fourth-order valence-corrected chi connectivity index (χ4v) is 4.73. The predicted molar refractivity (Wildman–Crippen MR) is 115 cm³/mol. The number of rotatable bonds is 3. The van der Waals surface area contributed by atoms with Crippen LogP contribution < -0.4 is 10.6 Å². The summed E-state index contributed by atoms with van der Waals surface area (Å²) >= 11 is 0. The van der Waals surface area contributed by atoms with Crippen LogP contribution in [-0.4, -0.2) is 36.0 Å². The molecule has 1 saturated heterocycles. The number of hydrogen-bond donors (Lipinski definition) is 2. The molecule has 6 heteroatoms. The molecule has 1 atom stereocenters. The van der Waals surface area contributed by atoms with E-state index in [-0.39, 0.29) is 23.8 Å². The van der Waals surface area contributed by atoms with E-state index in [9.17, 15) is 14.0 Å². The van der Waals surface area contributed by atoms with Crippen molar-refractivity contribution in [3.8, 4) is 0 Å². The maximum absolute atomic E-state index is 13.4. The molecule has 1 heterocycles. The molecule has 0 spiro atoms. The SMILES string of the molecule is C[C@]1(C(=O)N2CCC(NC(=O)Nc3ccc(F)cc3)CC2)CCCc2ccccc21. The highest BCUT2D eigenvalue weighted by molar-refractivity contribution is 5.90. The summed E-state index contributed by atoms with van der Waals surface area (Å²) < 4.78 is 13.0. The van der Waals surface area contributed by atoms with Gasteiger partial charge in [0.15, 0.2) is 0 Å². The van der Waals surface area contributed by atoms with Gasteiger partial charge in [-0.2, -0.15) is 0 Å². The molecule has 0 aromatic heterocycles. The van der Waals surface area contributed by atoms with Gasteiger partial charge in [-0.1, -0.05) is 24.3 Å². The van der Waals surface area contributed by atoms with Gasteiger partial charge in [-0.15, -0.1) is 0 Å². The van der Waals surface area contributed by atoms with E-state index >= 15 is 0 Å². The lowest BCUT2D eigenvalue weighted by atomic mass is 9.70. The van der Waals surface area contributed by atoms with Crippen LogP contribution in [0, 0.1) is 5.82 Å². The molecule has 3 amide bonds. The van der Waals surface area contributed by atoms with E-state index in [1.54, 1.807) is 0 Å². The zero-order valence-electron chi connectivity index (χ0n) is 17.3. The average molecular weight is 410 g/mol. The number of likely N-dealkylation sites (tertiary alicyclic amines) is 1. The minimum absolute atomic E-state index is 0.0148. The second-order valence-electron chi connectivity index (χ2n) is 8.51. The van der Waals surface area contributed by atoms with Crippen molar-refractivity contribution in [2.75, 3.05) is 18.4 Å². The molecule has 0 radical (unpaired) electrons. The Hall–Kier alpha value is -2.89. The molecule has 30 heavy (non-hydrogen) atoms. The first-order chi connectivity index (χ1) is 14.5. The van der Waals surface area contributed by atoms with Gasteiger partial charge in [-0.3, -0.25) is 4.79 Å². The molecule has 5 nitrogen and oxygen atoms in total.